The predicted octanol–water partition coefficient (Wildman–Crippen LogP) is 2.76. The zero-order chi connectivity index (χ0) is 20.4. The lowest BCUT2D eigenvalue weighted by molar-refractivity contribution is -0.134. The molecule has 4 rings (SSSR count). The lowest BCUT2D eigenvalue weighted by atomic mass is 9.91. The van der Waals surface area contributed by atoms with Crippen LogP contribution in [0.5, 0.6) is 0 Å². The van der Waals surface area contributed by atoms with Crippen LogP contribution in [0.3, 0.4) is 0 Å². The largest absolute Gasteiger partial charge is 0.345 e. The minimum Gasteiger partial charge on any atom is -0.345 e. The molecule has 1 saturated heterocycles. The topological polar surface area (TPSA) is 43.9 Å². The third kappa shape index (κ3) is 4.20. The molecule has 2 aliphatic rings. The van der Waals surface area contributed by atoms with Gasteiger partial charge < -0.3 is 9.80 Å². The second kappa shape index (κ2) is 8.37. The van der Waals surface area contributed by atoms with Gasteiger partial charge in [0.2, 0.25) is 5.91 Å². The predicted molar refractivity (Wildman–Crippen MR) is 114 cm³/mol. The summed E-state index contributed by atoms with van der Waals surface area (Å²) < 4.78 is 0. The number of fused-ring (bicyclic) bond motifs is 3. The van der Waals surface area contributed by atoms with Gasteiger partial charge in [0.15, 0.2) is 0 Å². The molecule has 1 unspecified atom stereocenters. The molecule has 0 radical (unpaired) electrons. The number of hydrogen-bond acceptors (Lipinski definition) is 3. The van der Waals surface area contributed by atoms with E-state index in [0.29, 0.717) is 24.4 Å². The lowest BCUT2D eigenvalue weighted by Gasteiger charge is -2.45. The smallest absolute Gasteiger partial charge is 0.253 e. The second-order valence-electron chi connectivity index (χ2n) is 8.24. The summed E-state index contributed by atoms with van der Waals surface area (Å²) in [5.41, 5.74) is 4.58. The molecular weight excluding hydrogens is 362 g/mol. The molecule has 1 fully saturated rings. The number of hydrogen-bond donors (Lipinski definition) is 0. The van der Waals surface area contributed by atoms with E-state index >= 15 is 0 Å². The van der Waals surface area contributed by atoms with Crippen molar-refractivity contribution in [1.82, 2.24) is 14.7 Å². The van der Waals surface area contributed by atoms with E-state index in [0.717, 1.165) is 38.2 Å². The van der Waals surface area contributed by atoms with Crippen molar-refractivity contribution in [1.29, 1.82) is 0 Å². The maximum absolute atomic E-state index is 12.9. The van der Waals surface area contributed by atoms with E-state index in [1.165, 1.54) is 11.1 Å². The summed E-state index contributed by atoms with van der Waals surface area (Å²) >= 11 is 0. The second-order valence-corrected chi connectivity index (χ2v) is 8.24. The van der Waals surface area contributed by atoms with Crippen LogP contribution in [0.4, 0.5) is 0 Å². The Labute approximate surface area is 172 Å². The van der Waals surface area contributed by atoms with Crippen molar-refractivity contribution >= 4 is 11.8 Å². The number of carbonyl (C=O) groups excluding carboxylic acids is 2. The van der Waals surface area contributed by atoms with E-state index in [1.807, 2.05) is 29.2 Å². The fraction of sp³-hybridized carbons (Fsp3) is 0.417. The Balaban J connectivity index is 1.36. The Morgan fingerprint density at radius 1 is 1.00 bits per heavy atom. The van der Waals surface area contributed by atoms with Crippen LogP contribution in [0.15, 0.2) is 48.5 Å². The zero-order valence-corrected chi connectivity index (χ0v) is 17.3. The number of benzene rings is 2. The number of aryl methyl sites for hydroxylation is 1. The first-order valence-corrected chi connectivity index (χ1v) is 10.4. The van der Waals surface area contributed by atoms with Gasteiger partial charge in [0.1, 0.15) is 0 Å². The number of nitrogens with zero attached hydrogens (tertiary/aromatic N) is 3. The Kier molecular flexibility index (Phi) is 5.67. The summed E-state index contributed by atoms with van der Waals surface area (Å²) in [5, 5.41) is 0. The summed E-state index contributed by atoms with van der Waals surface area (Å²) in [6.07, 6.45) is 2.32. The zero-order valence-electron chi connectivity index (χ0n) is 17.3. The van der Waals surface area contributed by atoms with Gasteiger partial charge >= 0.3 is 0 Å². The standard InChI is InChI=1S/C24H29N3O2/c1-25(2)24(29)20-10-7-18(8-11-20)9-12-23(28)27-16-15-26-14-13-19-5-3-4-6-21(19)22(26)17-27/h3-8,10-11,22H,9,12-17H2,1-2H3. The highest BCUT2D eigenvalue weighted by Gasteiger charge is 2.33. The third-order valence-corrected chi connectivity index (χ3v) is 6.16. The average molecular weight is 392 g/mol. The molecule has 2 heterocycles. The molecule has 29 heavy (non-hydrogen) atoms. The number of piperazine rings is 1. The summed E-state index contributed by atoms with van der Waals surface area (Å²) in [6.45, 7) is 3.63. The van der Waals surface area contributed by atoms with Crippen LogP contribution in [-0.4, -0.2) is 66.8 Å². The lowest BCUT2D eigenvalue weighted by Crippen LogP contribution is -2.52. The Hall–Kier alpha value is -2.66. The van der Waals surface area contributed by atoms with Crippen LogP contribution < -0.4 is 0 Å². The van der Waals surface area contributed by atoms with E-state index in [1.54, 1.807) is 19.0 Å². The van der Waals surface area contributed by atoms with Crippen molar-refractivity contribution in [2.75, 3.05) is 40.3 Å². The van der Waals surface area contributed by atoms with Crippen molar-refractivity contribution < 1.29 is 9.59 Å². The molecule has 0 aliphatic carbocycles. The monoisotopic (exact) mass is 391 g/mol. The quantitative estimate of drug-likeness (QED) is 0.805. The van der Waals surface area contributed by atoms with Gasteiger partial charge in [-0.1, -0.05) is 36.4 Å². The molecule has 1 atom stereocenters. The molecule has 0 N–H and O–H groups in total. The fourth-order valence-corrected chi connectivity index (χ4v) is 4.44. The van der Waals surface area contributed by atoms with Crippen molar-refractivity contribution in [2.24, 2.45) is 0 Å². The van der Waals surface area contributed by atoms with Crippen molar-refractivity contribution in [3.8, 4) is 0 Å². The highest BCUT2D eigenvalue weighted by Crippen LogP contribution is 2.32. The maximum Gasteiger partial charge on any atom is 0.253 e. The molecule has 2 aromatic carbocycles. The van der Waals surface area contributed by atoms with Gasteiger partial charge in [-0.15, -0.1) is 0 Å². The van der Waals surface area contributed by atoms with E-state index in [-0.39, 0.29) is 11.8 Å². The van der Waals surface area contributed by atoms with E-state index in [2.05, 4.69) is 29.2 Å². The van der Waals surface area contributed by atoms with Crippen LogP contribution in [0.25, 0.3) is 0 Å². The molecule has 2 amide bonds. The van der Waals surface area contributed by atoms with Gasteiger partial charge in [-0.25, -0.2) is 0 Å². The molecule has 0 saturated carbocycles. The van der Waals surface area contributed by atoms with Crippen molar-refractivity contribution in [3.63, 3.8) is 0 Å². The average Bonchev–Trinajstić information content (AvgIpc) is 2.76. The first kappa shape index (κ1) is 19.6. The Bertz CT molecular complexity index is 891. The molecule has 0 spiro atoms. The van der Waals surface area contributed by atoms with Gasteiger partial charge in [-0.2, -0.15) is 0 Å². The molecule has 2 aromatic rings. The molecule has 5 heteroatoms. The van der Waals surface area contributed by atoms with Crippen LogP contribution in [0.2, 0.25) is 0 Å². The van der Waals surface area contributed by atoms with Crippen molar-refractivity contribution in [3.05, 3.63) is 70.8 Å². The fourth-order valence-electron chi connectivity index (χ4n) is 4.44. The first-order chi connectivity index (χ1) is 14.0. The van der Waals surface area contributed by atoms with Gasteiger partial charge in [0.25, 0.3) is 5.91 Å². The number of amides is 2. The summed E-state index contributed by atoms with van der Waals surface area (Å²) in [4.78, 5) is 31.0. The first-order valence-electron chi connectivity index (χ1n) is 10.4. The van der Waals surface area contributed by atoms with Gasteiger partial charge in [0.05, 0.1) is 6.04 Å². The maximum atomic E-state index is 12.9. The Morgan fingerprint density at radius 2 is 1.76 bits per heavy atom. The summed E-state index contributed by atoms with van der Waals surface area (Å²) in [7, 11) is 3.50. The minimum absolute atomic E-state index is 0.00161. The van der Waals surface area contributed by atoms with E-state index < -0.39 is 0 Å². The highest BCUT2D eigenvalue weighted by molar-refractivity contribution is 5.93. The molecule has 0 aromatic heterocycles. The van der Waals surface area contributed by atoms with Crippen molar-refractivity contribution in [2.45, 2.75) is 25.3 Å². The van der Waals surface area contributed by atoms with Crippen LogP contribution >= 0.6 is 0 Å². The van der Waals surface area contributed by atoms with Crippen LogP contribution in [-0.2, 0) is 17.6 Å². The van der Waals surface area contributed by atoms with Crippen LogP contribution in [0, 0.1) is 0 Å². The molecule has 0 bridgehead atoms. The molecule has 152 valence electrons. The van der Waals surface area contributed by atoms with Crippen LogP contribution in [0.1, 0.15) is 39.5 Å². The minimum atomic E-state index is -0.00161. The van der Waals surface area contributed by atoms with Gasteiger partial charge in [-0.05, 0) is 41.7 Å². The molecular formula is C24H29N3O2. The summed E-state index contributed by atoms with van der Waals surface area (Å²) in [6, 6.07) is 16.6. The van der Waals surface area contributed by atoms with E-state index in [9.17, 15) is 9.59 Å². The highest BCUT2D eigenvalue weighted by atomic mass is 16.2. The van der Waals surface area contributed by atoms with Gasteiger partial charge in [0, 0.05) is 52.3 Å². The summed E-state index contributed by atoms with van der Waals surface area (Å²) in [5.74, 6) is 0.222. The SMILES string of the molecule is CN(C)C(=O)c1ccc(CCC(=O)N2CCN3CCc4ccccc4C3C2)cc1. The third-order valence-electron chi connectivity index (χ3n) is 6.16. The number of rotatable bonds is 4. The number of carbonyl (C=O) groups is 2. The molecule has 5 nitrogen and oxygen atoms in total. The Morgan fingerprint density at radius 3 is 2.52 bits per heavy atom. The van der Waals surface area contributed by atoms with Gasteiger partial charge in [-0.3, -0.25) is 14.5 Å². The van der Waals surface area contributed by atoms with E-state index in [4.69, 9.17) is 0 Å². The molecule has 2 aliphatic heterocycles. The normalized spacial score (nSPS) is 18.7.